The van der Waals surface area contributed by atoms with Gasteiger partial charge in [-0.3, -0.25) is 10.1 Å². The van der Waals surface area contributed by atoms with Crippen molar-refractivity contribution in [1.29, 1.82) is 0 Å². The van der Waals surface area contributed by atoms with Gasteiger partial charge in [0.1, 0.15) is 11.3 Å². The Morgan fingerprint density at radius 3 is 2.50 bits per heavy atom. The number of oxazole rings is 1. The van der Waals surface area contributed by atoms with Crippen molar-refractivity contribution in [2.45, 2.75) is 20.8 Å². The third kappa shape index (κ3) is 4.89. The van der Waals surface area contributed by atoms with Gasteiger partial charge in [0.15, 0.2) is 16.5 Å². The standard InChI is InChI=1S/C28H22ClN3O3S/c1-15-4-9-24-22(12-15)30-27(35-24)19-7-8-20(29)21(14-19)31-28(36)32-26(33)25-11-10-23(34-25)18-6-5-16(2)17(3)13-18/h4-14H,1-3H3,(H2,31,32,33,36). The number of hydrogen-bond donors (Lipinski definition) is 2. The number of hydrogen-bond acceptors (Lipinski definition) is 5. The number of benzene rings is 3. The Balaban J connectivity index is 1.30. The first-order valence-corrected chi connectivity index (χ1v) is 12.0. The molecule has 2 heterocycles. The van der Waals surface area contributed by atoms with E-state index in [1.54, 1.807) is 24.3 Å². The molecule has 1 amide bonds. The van der Waals surface area contributed by atoms with E-state index >= 15 is 0 Å². The zero-order valence-electron chi connectivity index (χ0n) is 19.8. The topological polar surface area (TPSA) is 80.3 Å². The van der Waals surface area contributed by atoms with Gasteiger partial charge in [-0.15, -0.1) is 0 Å². The van der Waals surface area contributed by atoms with Crippen LogP contribution < -0.4 is 10.6 Å². The number of anilines is 1. The first-order chi connectivity index (χ1) is 17.3. The molecule has 180 valence electrons. The number of aryl methyl sites for hydroxylation is 3. The van der Waals surface area contributed by atoms with Gasteiger partial charge in [-0.1, -0.05) is 29.8 Å². The van der Waals surface area contributed by atoms with E-state index in [2.05, 4.69) is 15.6 Å². The van der Waals surface area contributed by atoms with Crippen molar-refractivity contribution in [3.8, 4) is 22.8 Å². The summed E-state index contributed by atoms with van der Waals surface area (Å²) in [7, 11) is 0. The van der Waals surface area contributed by atoms with Crippen LogP contribution in [-0.4, -0.2) is 16.0 Å². The van der Waals surface area contributed by atoms with E-state index in [9.17, 15) is 4.79 Å². The maximum absolute atomic E-state index is 12.7. The number of furan rings is 1. The second-order valence-corrected chi connectivity index (χ2v) is 9.37. The lowest BCUT2D eigenvalue weighted by Crippen LogP contribution is -2.34. The monoisotopic (exact) mass is 515 g/mol. The SMILES string of the molecule is Cc1ccc2oc(-c3ccc(Cl)c(NC(=S)NC(=O)c4ccc(-c5ccc(C)c(C)c5)o4)c3)nc2c1. The van der Waals surface area contributed by atoms with Crippen LogP contribution in [0.1, 0.15) is 27.2 Å². The smallest absolute Gasteiger partial charge is 0.293 e. The van der Waals surface area contributed by atoms with Crippen molar-refractivity contribution in [3.05, 3.63) is 94.2 Å². The van der Waals surface area contributed by atoms with Crippen molar-refractivity contribution >= 4 is 51.6 Å². The molecular formula is C28H22ClN3O3S. The highest BCUT2D eigenvalue weighted by atomic mass is 35.5. The normalized spacial score (nSPS) is 11.0. The van der Waals surface area contributed by atoms with Crippen LogP contribution >= 0.6 is 23.8 Å². The van der Waals surface area contributed by atoms with Crippen LogP contribution in [0.2, 0.25) is 5.02 Å². The predicted octanol–water partition coefficient (Wildman–Crippen LogP) is 7.46. The lowest BCUT2D eigenvalue weighted by Gasteiger charge is -2.11. The number of thiocarbonyl (C=S) groups is 1. The lowest BCUT2D eigenvalue weighted by molar-refractivity contribution is 0.0951. The molecule has 5 aromatic rings. The van der Waals surface area contributed by atoms with Gasteiger partial charge in [0.05, 0.1) is 10.7 Å². The van der Waals surface area contributed by atoms with Crippen LogP contribution in [0.3, 0.4) is 0 Å². The molecule has 6 nitrogen and oxygen atoms in total. The van der Waals surface area contributed by atoms with Gasteiger partial charge < -0.3 is 14.2 Å². The van der Waals surface area contributed by atoms with Crippen LogP contribution in [-0.2, 0) is 0 Å². The number of carbonyl (C=O) groups excluding carboxylic acids is 1. The minimum Gasteiger partial charge on any atom is -0.451 e. The fraction of sp³-hybridized carbons (Fsp3) is 0.107. The number of nitrogens with zero attached hydrogens (tertiary/aromatic N) is 1. The van der Waals surface area contributed by atoms with E-state index in [1.165, 1.54) is 5.56 Å². The predicted molar refractivity (Wildman–Crippen MR) is 146 cm³/mol. The van der Waals surface area contributed by atoms with Gasteiger partial charge in [0.2, 0.25) is 5.89 Å². The Kier molecular flexibility index (Phi) is 6.35. The second kappa shape index (κ2) is 9.60. The average molecular weight is 516 g/mol. The maximum atomic E-state index is 12.7. The molecule has 0 spiro atoms. The van der Waals surface area contributed by atoms with E-state index in [1.807, 2.05) is 63.2 Å². The molecule has 2 aromatic heterocycles. The van der Waals surface area contributed by atoms with Crippen molar-refractivity contribution < 1.29 is 13.6 Å². The lowest BCUT2D eigenvalue weighted by atomic mass is 10.1. The molecule has 8 heteroatoms. The summed E-state index contributed by atoms with van der Waals surface area (Å²) in [5, 5.41) is 6.11. The Morgan fingerprint density at radius 1 is 0.889 bits per heavy atom. The molecule has 0 aliphatic rings. The Hall–Kier alpha value is -3.94. The van der Waals surface area contributed by atoms with Crippen LogP contribution in [0.15, 0.2) is 75.6 Å². The second-order valence-electron chi connectivity index (χ2n) is 8.56. The van der Waals surface area contributed by atoms with E-state index in [-0.39, 0.29) is 10.9 Å². The van der Waals surface area contributed by atoms with E-state index < -0.39 is 5.91 Å². The van der Waals surface area contributed by atoms with E-state index in [0.29, 0.717) is 33.5 Å². The van der Waals surface area contributed by atoms with Gasteiger partial charge in [-0.25, -0.2) is 4.98 Å². The summed E-state index contributed by atoms with van der Waals surface area (Å²) in [6.07, 6.45) is 0. The zero-order chi connectivity index (χ0) is 25.4. The maximum Gasteiger partial charge on any atom is 0.293 e. The third-order valence-electron chi connectivity index (χ3n) is 5.85. The number of carbonyl (C=O) groups is 1. The summed E-state index contributed by atoms with van der Waals surface area (Å²) in [4.78, 5) is 17.3. The minimum absolute atomic E-state index is 0.0800. The number of rotatable bonds is 4. The molecule has 36 heavy (non-hydrogen) atoms. The van der Waals surface area contributed by atoms with Crippen LogP contribution in [0.25, 0.3) is 33.9 Å². The summed E-state index contributed by atoms with van der Waals surface area (Å²) in [5.41, 5.74) is 7.02. The van der Waals surface area contributed by atoms with Crippen molar-refractivity contribution in [2.75, 3.05) is 5.32 Å². The number of halogens is 1. The highest BCUT2D eigenvalue weighted by Crippen LogP contribution is 2.31. The number of fused-ring (bicyclic) bond motifs is 1. The van der Waals surface area contributed by atoms with Gasteiger partial charge >= 0.3 is 0 Å². The molecule has 2 N–H and O–H groups in total. The summed E-state index contributed by atoms with van der Waals surface area (Å²) < 4.78 is 11.7. The molecule has 3 aromatic carbocycles. The van der Waals surface area contributed by atoms with Gasteiger partial charge in [0.25, 0.3) is 5.91 Å². The molecule has 0 radical (unpaired) electrons. The molecule has 0 fully saturated rings. The van der Waals surface area contributed by atoms with Crippen LogP contribution in [0, 0.1) is 20.8 Å². The first kappa shape index (κ1) is 23.8. The third-order valence-corrected chi connectivity index (χ3v) is 6.39. The molecule has 0 aliphatic carbocycles. The van der Waals surface area contributed by atoms with E-state index in [0.717, 1.165) is 22.2 Å². The number of nitrogens with one attached hydrogen (secondary N) is 2. The highest BCUT2D eigenvalue weighted by Gasteiger charge is 2.16. The van der Waals surface area contributed by atoms with Crippen molar-refractivity contribution in [3.63, 3.8) is 0 Å². The summed E-state index contributed by atoms with van der Waals surface area (Å²) >= 11 is 11.7. The quantitative estimate of drug-likeness (QED) is 0.242. The molecule has 0 unspecified atom stereocenters. The number of amides is 1. The van der Waals surface area contributed by atoms with Crippen LogP contribution in [0.5, 0.6) is 0 Å². The van der Waals surface area contributed by atoms with Gasteiger partial charge in [-0.05, 0) is 98.2 Å². The summed E-state index contributed by atoms with van der Waals surface area (Å²) in [5.74, 6) is 0.740. The molecule has 0 saturated carbocycles. The Labute approximate surface area is 218 Å². The van der Waals surface area contributed by atoms with Crippen molar-refractivity contribution in [1.82, 2.24) is 10.3 Å². The molecule has 0 saturated heterocycles. The molecule has 0 atom stereocenters. The molecule has 0 bridgehead atoms. The molecular weight excluding hydrogens is 494 g/mol. The van der Waals surface area contributed by atoms with E-state index in [4.69, 9.17) is 32.7 Å². The average Bonchev–Trinajstić information content (AvgIpc) is 3.49. The first-order valence-electron chi connectivity index (χ1n) is 11.2. The van der Waals surface area contributed by atoms with Crippen molar-refractivity contribution in [2.24, 2.45) is 0 Å². The summed E-state index contributed by atoms with van der Waals surface area (Å²) in [6, 6.07) is 20.5. The fourth-order valence-electron chi connectivity index (χ4n) is 3.74. The Bertz CT molecular complexity index is 1640. The van der Waals surface area contributed by atoms with Gasteiger partial charge in [0, 0.05) is 11.1 Å². The van der Waals surface area contributed by atoms with Crippen LogP contribution in [0.4, 0.5) is 5.69 Å². The molecule has 0 aliphatic heterocycles. The Morgan fingerprint density at radius 2 is 1.69 bits per heavy atom. The largest absolute Gasteiger partial charge is 0.451 e. The molecule has 5 rings (SSSR count). The summed E-state index contributed by atoms with van der Waals surface area (Å²) in [6.45, 7) is 6.08. The minimum atomic E-state index is -0.468. The van der Waals surface area contributed by atoms with Gasteiger partial charge in [-0.2, -0.15) is 0 Å². The highest BCUT2D eigenvalue weighted by molar-refractivity contribution is 7.80. The fourth-order valence-corrected chi connectivity index (χ4v) is 4.11. The zero-order valence-corrected chi connectivity index (χ0v) is 21.4. The number of aromatic nitrogens is 1.